The minimum Gasteiger partial charge on any atom is -0.481 e. The lowest BCUT2D eigenvalue weighted by Gasteiger charge is -2.33. The van der Waals surface area contributed by atoms with Gasteiger partial charge in [-0.2, -0.15) is 0 Å². The van der Waals surface area contributed by atoms with Crippen molar-refractivity contribution in [2.24, 2.45) is 5.41 Å². The molecule has 4 nitrogen and oxygen atoms in total. The van der Waals surface area contributed by atoms with E-state index in [0.717, 1.165) is 19.6 Å². The Labute approximate surface area is 104 Å². The number of nitrogens with zero attached hydrogens (tertiary/aromatic N) is 1. The first-order valence-corrected chi connectivity index (χ1v) is 6.65. The van der Waals surface area contributed by atoms with Gasteiger partial charge in [-0.1, -0.05) is 13.3 Å². The van der Waals surface area contributed by atoms with E-state index < -0.39 is 11.4 Å². The third kappa shape index (κ3) is 4.64. The second-order valence-corrected chi connectivity index (χ2v) is 5.66. The SMILES string of the molecule is CCN(CC1CCCCN1)CC(C)(C)C(=O)O. The van der Waals surface area contributed by atoms with E-state index in [1.165, 1.54) is 19.3 Å². The number of carbonyl (C=O) groups is 1. The molecule has 4 heteroatoms. The molecule has 1 aliphatic heterocycles. The molecule has 2 N–H and O–H groups in total. The molecule has 0 aromatic rings. The predicted octanol–water partition coefficient (Wildman–Crippen LogP) is 1.56. The normalized spacial score (nSPS) is 21.8. The van der Waals surface area contributed by atoms with E-state index in [4.69, 9.17) is 5.11 Å². The summed E-state index contributed by atoms with van der Waals surface area (Å²) in [7, 11) is 0. The lowest BCUT2D eigenvalue weighted by molar-refractivity contribution is -0.148. The standard InChI is InChI=1S/C13H26N2O2/c1-4-15(10-13(2,3)12(16)17)9-11-7-5-6-8-14-11/h11,14H,4-10H2,1-3H3,(H,16,17). The zero-order valence-electron chi connectivity index (χ0n) is 11.3. The lowest BCUT2D eigenvalue weighted by atomic mass is 9.92. The highest BCUT2D eigenvalue weighted by atomic mass is 16.4. The number of hydrogen-bond donors (Lipinski definition) is 2. The van der Waals surface area contributed by atoms with Crippen LogP contribution in [0.25, 0.3) is 0 Å². The highest BCUT2D eigenvalue weighted by molar-refractivity contribution is 5.73. The molecular weight excluding hydrogens is 216 g/mol. The first-order valence-electron chi connectivity index (χ1n) is 6.65. The molecule has 0 aromatic heterocycles. The van der Waals surface area contributed by atoms with Gasteiger partial charge in [0.05, 0.1) is 5.41 Å². The number of aliphatic carboxylic acids is 1. The molecule has 0 aromatic carbocycles. The van der Waals surface area contributed by atoms with Crippen LogP contribution in [0.3, 0.4) is 0 Å². The lowest BCUT2D eigenvalue weighted by Crippen LogP contribution is -2.47. The van der Waals surface area contributed by atoms with E-state index in [-0.39, 0.29) is 0 Å². The molecule has 1 fully saturated rings. The molecule has 1 unspecified atom stereocenters. The molecule has 1 atom stereocenters. The largest absolute Gasteiger partial charge is 0.481 e. The number of piperidine rings is 1. The van der Waals surface area contributed by atoms with E-state index in [1.54, 1.807) is 13.8 Å². The minimum absolute atomic E-state index is 0.535. The number of likely N-dealkylation sites (N-methyl/N-ethyl adjacent to an activating group) is 1. The van der Waals surface area contributed by atoms with Crippen LogP contribution in [0.15, 0.2) is 0 Å². The van der Waals surface area contributed by atoms with Crippen LogP contribution < -0.4 is 5.32 Å². The van der Waals surface area contributed by atoms with Gasteiger partial charge in [0.25, 0.3) is 0 Å². The number of nitrogens with one attached hydrogen (secondary N) is 1. The third-order valence-electron chi connectivity index (χ3n) is 3.54. The fourth-order valence-electron chi connectivity index (χ4n) is 2.32. The zero-order valence-corrected chi connectivity index (χ0v) is 11.3. The maximum atomic E-state index is 11.1. The Morgan fingerprint density at radius 1 is 1.47 bits per heavy atom. The second kappa shape index (κ2) is 6.36. The fourth-order valence-corrected chi connectivity index (χ4v) is 2.32. The van der Waals surface area contributed by atoms with Crippen molar-refractivity contribution in [3.8, 4) is 0 Å². The van der Waals surface area contributed by atoms with Gasteiger partial charge < -0.3 is 15.3 Å². The molecule has 0 radical (unpaired) electrons. The molecule has 0 amide bonds. The minimum atomic E-state index is -0.715. The Hall–Kier alpha value is -0.610. The van der Waals surface area contributed by atoms with Gasteiger partial charge >= 0.3 is 5.97 Å². The summed E-state index contributed by atoms with van der Waals surface area (Å²) in [4.78, 5) is 13.4. The summed E-state index contributed by atoms with van der Waals surface area (Å²) in [5.74, 6) is -0.715. The van der Waals surface area contributed by atoms with Crippen LogP contribution in [-0.4, -0.2) is 48.2 Å². The smallest absolute Gasteiger partial charge is 0.310 e. The number of hydrogen-bond acceptors (Lipinski definition) is 3. The van der Waals surface area contributed by atoms with Crippen molar-refractivity contribution in [1.29, 1.82) is 0 Å². The van der Waals surface area contributed by atoms with E-state index in [0.29, 0.717) is 12.6 Å². The summed E-state index contributed by atoms with van der Waals surface area (Å²) in [5, 5.41) is 12.7. The number of carboxylic acids is 1. The Morgan fingerprint density at radius 3 is 2.65 bits per heavy atom. The average Bonchev–Trinajstić information content (AvgIpc) is 2.29. The molecule has 1 aliphatic rings. The molecule has 0 aliphatic carbocycles. The van der Waals surface area contributed by atoms with E-state index in [9.17, 15) is 4.79 Å². The monoisotopic (exact) mass is 242 g/mol. The first-order chi connectivity index (χ1) is 7.95. The van der Waals surface area contributed by atoms with Gasteiger partial charge in [0, 0.05) is 19.1 Å². The van der Waals surface area contributed by atoms with E-state index in [2.05, 4.69) is 17.1 Å². The van der Waals surface area contributed by atoms with Crippen molar-refractivity contribution in [3.05, 3.63) is 0 Å². The second-order valence-electron chi connectivity index (χ2n) is 5.66. The Morgan fingerprint density at radius 2 is 2.18 bits per heavy atom. The molecule has 0 spiro atoms. The highest BCUT2D eigenvalue weighted by Gasteiger charge is 2.30. The van der Waals surface area contributed by atoms with Crippen LogP contribution in [0.2, 0.25) is 0 Å². The van der Waals surface area contributed by atoms with E-state index >= 15 is 0 Å². The van der Waals surface area contributed by atoms with Gasteiger partial charge in [-0.25, -0.2) is 0 Å². The van der Waals surface area contributed by atoms with Crippen LogP contribution in [0.5, 0.6) is 0 Å². The molecule has 1 rings (SSSR count). The maximum Gasteiger partial charge on any atom is 0.310 e. The summed E-state index contributed by atoms with van der Waals surface area (Å²) >= 11 is 0. The van der Waals surface area contributed by atoms with Gasteiger partial charge in [0.15, 0.2) is 0 Å². The summed E-state index contributed by atoms with van der Waals surface area (Å²) < 4.78 is 0. The fraction of sp³-hybridized carbons (Fsp3) is 0.923. The number of carboxylic acid groups (broad SMARTS) is 1. The summed E-state index contributed by atoms with van der Waals surface area (Å²) in [6, 6.07) is 0.535. The highest BCUT2D eigenvalue weighted by Crippen LogP contribution is 2.18. The van der Waals surface area contributed by atoms with Crippen LogP contribution >= 0.6 is 0 Å². The Balaban J connectivity index is 2.44. The van der Waals surface area contributed by atoms with Gasteiger partial charge in [0.2, 0.25) is 0 Å². The zero-order chi connectivity index (χ0) is 12.9. The molecule has 17 heavy (non-hydrogen) atoms. The van der Waals surface area contributed by atoms with Crippen molar-refractivity contribution in [2.75, 3.05) is 26.2 Å². The third-order valence-corrected chi connectivity index (χ3v) is 3.54. The first kappa shape index (κ1) is 14.5. The maximum absolute atomic E-state index is 11.1. The van der Waals surface area contributed by atoms with Gasteiger partial charge in [-0.3, -0.25) is 4.79 Å². The molecule has 0 bridgehead atoms. The summed E-state index contributed by atoms with van der Waals surface area (Å²) in [6.45, 7) is 9.29. The molecular formula is C13H26N2O2. The molecule has 1 heterocycles. The Bertz CT molecular complexity index is 248. The molecule has 1 saturated heterocycles. The van der Waals surface area contributed by atoms with Gasteiger partial charge in [-0.05, 0) is 39.8 Å². The van der Waals surface area contributed by atoms with Crippen molar-refractivity contribution in [3.63, 3.8) is 0 Å². The molecule has 100 valence electrons. The van der Waals surface area contributed by atoms with Crippen LogP contribution in [-0.2, 0) is 4.79 Å². The Kier molecular flexibility index (Phi) is 5.40. The van der Waals surface area contributed by atoms with Crippen molar-refractivity contribution in [1.82, 2.24) is 10.2 Å². The summed E-state index contributed by atoms with van der Waals surface area (Å²) in [5.41, 5.74) is -0.662. The topological polar surface area (TPSA) is 52.6 Å². The van der Waals surface area contributed by atoms with Crippen LogP contribution in [0.1, 0.15) is 40.0 Å². The van der Waals surface area contributed by atoms with E-state index in [1.807, 2.05) is 0 Å². The average molecular weight is 242 g/mol. The van der Waals surface area contributed by atoms with Gasteiger partial charge in [-0.15, -0.1) is 0 Å². The van der Waals surface area contributed by atoms with Crippen LogP contribution in [0, 0.1) is 5.41 Å². The van der Waals surface area contributed by atoms with Crippen molar-refractivity contribution in [2.45, 2.75) is 46.1 Å². The predicted molar refractivity (Wildman–Crippen MR) is 69.2 cm³/mol. The quantitative estimate of drug-likeness (QED) is 0.742. The van der Waals surface area contributed by atoms with Gasteiger partial charge in [0.1, 0.15) is 0 Å². The summed E-state index contributed by atoms with van der Waals surface area (Å²) in [6.07, 6.45) is 3.77. The molecule has 0 saturated carbocycles. The van der Waals surface area contributed by atoms with Crippen molar-refractivity contribution < 1.29 is 9.90 Å². The van der Waals surface area contributed by atoms with Crippen LogP contribution in [0.4, 0.5) is 0 Å². The number of rotatable bonds is 6. The van der Waals surface area contributed by atoms with Crippen molar-refractivity contribution >= 4 is 5.97 Å².